The Bertz CT molecular complexity index is 824. The molecule has 7 nitrogen and oxygen atoms in total. The van der Waals surface area contributed by atoms with Crippen LogP contribution < -0.4 is 22.3 Å². The minimum Gasteiger partial charge on any atom is -0.384 e. The Kier molecular flexibility index (Phi) is 5.38. The molecule has 0 aliphatic rings. The van der Waals surface area contributed by atoms with Crippen molar-refractivity contribution in [2.24, 2.45) is 0 Å². The molecule has 2 rings (SSSR count). The van der Waals surface area contributed by atoms with Gasteiger partial charge in [0.1, 0.15) is 11.4 Å². The standard InChI is InChI=1S/C15H17BrN4O3/c1-2-7-20-13(17)12(14(22)19-15(20)23)11(21)8-18-10-5-3-9(16)4-6-10/h3-6,18H,2,7-8,17H2,1H3,(H,19,22,23). The van der Waals surface area contributed by atoms with Gasteiger partial charge in [0, 0.05) is 16.7 Å². The quantitative estimate of drug-likeness (QED) is 0.659. The third-order valence-corrected chi connectivity index (χ3v) is 3.79. The summed E-state index contributed by atoms with van der Waals surface area (Å²) in [6.45, 7) is 2.11. The smallest absolute Gasteiger partial charge is 0.329 e. The predicted octanol–water partition coefficient (Wildman–Crippen LogP) is 1.59. The van der Waals surface area contributed by atoms with Gasteiger partial charge in [-0.1, -0.05) is 22.9 Å². The highest BCUT2D eigenvalue weighted by Crippen LogP contribution is 2.14. The Morgan fingerprint density at radius 3 is 2.57 bits per heavy atom. The number of carbonyl (C=O) groups excluding carboxylic acids is 1. The van der Waals surface area contributed by atoms with Gasteiger partial charge in [-0.05, 0) is 30.7 Å². The normalized spacial score (nSPS) is 10.5. The fraction of sp³-hybridized carbons (Fsp3) is 0.267. The van der Waals surface area contributed by atoms with E-state index in [0.717, 1.165) is 10.2 Å². The zero-order valence-corrected chi connectivity index (χ0v) is 14.1. The van der Waals surface area contributed by atoms with Crippen LogP contribution >= 0.6 is 15.9 Å². The molecule has 0 saturated heterocycles. The third kappa shape index (κ3) is 3.89. The Labute approximate surface area is 140 Å². The number of anilines is 2. The van der Waals surface area contributed by atoms with Crippen LogP contribution in [0.25, 0.3) is 0 Å². The molecule has 1 aromatic carbocycles. The molecule has 0 aliphatic heterocycles. The highest BCUT2D eigenvalue weighted by molar-refractivity contribution is 9.10. The van der Waals surface area contributed by atoms with Gasteiger partial charge in [-0.2, -0.15) is 0 Å². The minimum atomic E-state index is -0.762. The van der Waals surface area contributed by atoms with Crippen molar-refractivity contribution >= 4 is 33.2 Å². The van der Waals surface area contributed by atoms with Gasteiger partial charge in [0.2, 0.25) is 0 Å². The van der Waals surface area contributed by atoms with Gasteiger partial charge in [-0.15, -0.1) is 0 Å². The van der Waals surface area contributed by atoms with Crippen LogP contribution in [0.3, 0.4) is 0 Å². The molecule has 0 bridgehead atoms. The second-order valence-corrected chi connectivity index (χ2v) is 5.87. The molecule has 2 aromatic rings. The largest absolute Gasteiger partial charge is 0.384 e. The number of carbonyl (C=O) groups is 1. The predicted molar refractivity (Wildman–Crippen MR) is 93.0 cm³/mol. The van der Waals surface area contributed by atoms with Crippen molar-refractivity contribution in [1.29, 1.82) is 0 Å². The van der Waals surface area contributed by atoms with E-state index in [2.05, 4.69) is 26.2 Å². The second kappa shape index (κ2) is 7.28. The molecular weight excluding hydrogens is 364 g/mol. The van der Waals surface area contributed by atoms with E-state index in [4.69, 9.17) is 5.73 Å². The van der Waals surface area contributed by atoms with E-state index in [1.165, 1.54) is 4.57 Å². The number of benzene rings is 1. The zero-order chi connectivity index (χ0) is 17.0. The number of aromatic nitrogens is 2. The first-order valence-corrected chi connectivity index (χ1v) is 7.88. The molecule has 1 aromatic heterocycles. The number of ketones is 1. The number of halogens is 1. The molecular formula is C15H17BrN4O3. The Hall–Kier alpha value is -2.35. The summed E-state index contributed by atoms with van der Waals surface area (Å²) >= 11 is 3.32. The van der Waals surface area contributed by atoms with Gasteiger partial charge in [0.25, 0.3) is 5.56 Å². The van der Waals surface area contributed by atoms with Crippen LogP contribution in [0, 0.1) is 0 Å². The summed E-state index contributed by atoms with van der Waals surface area (Å²) in [5.74, 6) is -0.570. The number of H-pyrrole nitrogens is 1. The Morgan fingerprint density at radius 2 is 1.96 bits per heavy atom. The lowest BCUT2D eigenvalue weighted by atomic mass is 10.2. The summed E-state index contributed by atoms with van der Waals surface area (Å²) < 4.78 is 2.12. The molecule has 0 spiro atoms. The lowest BCUT2D eigenvalue weighted by molar-refractivity contribution is 0.100. The van der Waals surface area contributed by atoms with Gasteiger partial charge < -0.3 is 11.1 Å². The van der Waals surface area contributed by atoms with Crippen molar-refractivity contribution < 1.29 is 4.79 Å². The first kappa shape index (κ1) is 17.0. The van der Waals surface area contributed by atoms with Crippen LogP contribution in [0.2, 0.25) is 0 Å². The topological polar surface area (TPSA) is 110 Å². The van der Waals surface area contributed by atoms with Crippen molar-refractivity contribution in [3.8, 4) is 0 Å². The Morgan fingerprint density at radius 1 is 1.30 bits per heavy atom. The number of nitrogen functional groups attached to an aromatic ring is 1. The van der Waals surface area contributed by atoms with Gasteiger partial charge in [-0.3, -0.25) is 19.1 Å². The van der Waals surface area contributed by atoms with Crippen LogP contribution in [0.4, 0.5) is 11.5 Å². The maximum absolute atomic E-state index is 12.3. The van der Waals surface area contributed by atoms with Crippen LogP contribution in [0.5, 0.6) is 0 Å². The summed E-state index contributed by atoms with van der Waals surface area (Å²) in [5.41, 5.74) is 5.03. The lowest BCUT2D eigenvalue weighted by Crippen LogP contribution is -2.37. The van der Waals surface area contributed by atoms with E-state index < -0.39 is 17.0 Å². The van der Waals surface area contributed by atoms with Gasteiger partial charge in [0.05, 0.1) is 6.54 Å². The molecule has 1 heterocycles. The maximum Gasteiger partial charge on any atom is 0.329 e. The van der Waals surface area contributed by atoms with Crippen LogP contribution in [-0.2, 0) is 6.54 Å². The van der Waals surface area contributed by atoms with Gasteiger partial charge in [-0.25, -0.2) is 4.79 Å². The highest BCUT2D eigenvalue weighted by atomic mass is 79.9. The van der Waals surface area contributed by atoms with E-state index in [9.17, 15) is 14.4 Å². The van der Waals surface area contributed by atoms with Crippen LogP contribution in [0.15, 0.2) is 38.3 Å². The highest BCUT2D eigenvalue weighted by Gasteiger charge is 2.18. The molecule has 0 amide bonds. The number of rotatable bonds is 6. The SMILES string of the molecule is CCCn1c(N)c(C(=O)CNc2ccc(Br)cc2)c(=O)[nH]c1=O. The fourth-order valence-corrected chi connectivity index (χ4v) is 2.41. The minimum absolute atomic E-state index is 0.0943. The van der Waals surface area contributed by atoms with E-state index in [1.807, 2.05) is 19.1 Å². The van der Waals surface area contributed by atoms with Crippen molar-refractivity contribution in [2.45, 2.75) is 19.9 Å². The number of nitrogens with zero attached hydrogens (tertiary/aromatic N) is 1. The van der Waals surface area contributed by atoms with Crippen molar-refractivity contribution in [3.05, 3.63) is 55.1 Å². The summed E-state index contributed by atoms with van der Waals surface area (Å²) in [4.78, 5) is 38.1. The number of Topliss-reactive ketones (excluding diaryl/α,β-unsaturated/α-hetero) is 1. The lowest BCUT2D eigenvalue weighted by Gasteiger charge is -2.11. The van der Waals surface area contributed by atoms with Crippen LogP contribution in [-0.4, -0.2) is 21.9 Å². The molecule has 0 atom stereocenters. The second-order valence-electron chi connectivity index (χ2n) is 4.95. The van der Waals surface area contributed by atoms with E-state index in [-0.39, 0.29) is 17.9 Å². The number of nitrogens with two attached hydrogens (primary N) is 1. The van der Waals surface area contributed by atoms with E-state index >= 15 is 0 Å². The first-order chi connectivity index (χ1) is 10.9. The molecule has 0 radical (unpaired) electrons. The fourth-order valence-electron chi connectivity index (χ4n) is 2.14. The zero-order valence-electron chi connectivity index (χ0n) is 12.6. The molecule has 0 fully saturated rings. The molecule has 0 saturated carbocycles. The summed E-state index contributed by atoms with van der Waals surface area (Å²) in [6.07, 6.45) is 0.654. The molecule has 0 aliphatic carbocycles. The third-order valence-electron chi connectivity index (χ3n) is 3.26. The van der Waals surface area contributed by atoms with Gasteiger partial charge in [0.15, 0.2) is 5.78 Å². The van der Waals surface area contributed by atoms with Crippen molar-refractivity contribution in [2.75, 3.05) is 17.6 Å². The molecule has 23 heavy (non-hydrogen) atoms. The Balaban J connectivity index is 2.25. The molecule has 0 unspecified atom stereocenters. The average molecular weight is 381 g/mol. The summed E-state index contributed by atoms with van der Waals surface area (Å²) in [6, 6.07) is 7.25. The number of aromatic amines is 1. The van der Waals surface area contributed by atoms with E-state index in [0.29, 0.717) is 13.0 Å². The molecule has 122 valence electrons. The first-order valence-electron chi connectivity index (χ1n) is 7.09. The van der Waals surface area contributed by atoms with Crippen molar-refractivity contribution in [1.82, 2.24) is 9.55 Å². The van der Waals surface area contributed by atoms with Crippen molar-refractivity contribution in [3.63, 3.8) is 0 Å². The van der Waals surface area contributed by atoms with Gasteiger partial charge >= 0.3 is 5.69 Å². The molecule has 4 N–H and O–H groups in total. The monoisotopic (exact) mass is 380 g/mol. The summed E-state index contributed by atoms with van der Waals surface area (Å²) in [7, 11) is 0. The van der Waals surface area contributed by atoms with E-state index in [1.54, 1.807) is 12.1 Å². The number of hydrogen-bond donors (Lipinski definition) is 3. The number of nitrogens with one attached hydrogen (secondary N) is 2. The number of hydrogen-bond acceptors (Lipinski definition) is 5. The average Bonchev–Trinajstić information content (AvgIpc) is 2.50. The summed E-state index contributed by atoms with van der Waals surface area (Å²) in [5, 5.41) is 2.92. The molecule has 8 heteroatoms. The maximum atomic E-state index is 12.3. The van der Waals surface area contributed by atoms with Crippen LogP contribution in [0.1, 0.15) is 23.7 Å².